The fraction of sp³-hybridized carbons (Fsp3) is 0.429. The number of sulfonamides is 1. The van der Waals surface area contributed by atoms with Gasteiger partial charge in [-0.2, -0.15) is 4.31 Å². The van der Waals surface area contributed by atoms with Crippen molar-refractivity contribution in [1.29, 1.82) is 0 Å². The van der Waals surface area contributed by atoms with Crippen LogP contribution in [-0.2, 0) is 16.4 Å². The number of hydrogen-bond donors (Lipinski definition) is 0. The topological polar surface area (TPSA) is 40.6 Å². The third-order valence-electron chi connectivity index (χ3n) is 5.98. The van der Waals surface area contributed by atoms with Crippen LogP contribution in [0.15, 0.2) is 53.4 Å². The Morgan fingerprint density at radius 3 is 2.33 bits per heavy atom. The predicted octanol–water partition coefficient (Wildman–Crippen LogP) is 3.46. The van der Waals surface area contributed by atoms with Crippen LogP contribution in [0.2, 0.25) is 0 Å². The minimum absolute atomic E-state index is 0.169. The largest absolute Gasteiger partial charge is 0.299 e. The molecular weight excluding hydrogens is 363 g/mol. The lowest BCUT2D eigenvalue weighted by Crippen LogP contribution is -2.44. The van der Waals surface area contributed by atoms with E-state index in [-0.39, 0.29) is 4.90 Å². The van der Waals surface area contributed by atoms with E-state index in [1.165, 1.54) is 35.4 Å². The Hall–Kier alpha value is -1.76. The third-order valence-corrected chi connectivity index (χ3v) is 7.89. The molecule has 144 valence electrons. The van der Waals surface area contributed by atoms with Crippen molar-refractivity contribution in [2.75, 3.05) is 26.7 Å². The van der Waals surface area contributed by atoms with Crippen molar-refractivity contribution in [1.82, 2.24) is 9.21 Å². The second-order valence-corrected chi connectivity index (χ2v) is 9.51. The smallest absolute Gasteiger partial charge is 0.243 e. The van der Waals surface area contributed by atoms with E-state index in [1.54, 1.807) is 4.31 Å². The van der Waals surface area contributed by atoms with Crippen LogP contribution in [0.5, 0.6) is 0 Å². The highest BCUT2D eigenvalue weighted by Gasteiger charge is 2.36. The van der Waals surface area contributed by atoms with E-state index < -0.39 is 15.8 Å². The molecule has 0 saturated carbocycles. The fourth-order valence-electron chi connectivity index (χ4n) is 4.53. The number of rotatable bonds is 3. The fourth-order valence-corrected chi connectivity index (χ4v) is 5.99. The zero-order valence-corrected chi connectivity index (χ0v) is 16.3. The van der Waals surface area contributed by atoms with Gasteiger partial charge in [0.1, 0.15) is 5.82 Å². The first-order chi connectivity index (χ1) is 13.0. The summed E-state index contributed by atoms with van der Waals surface area (Å²) >= 11 is 0. The first kappa shape index (κ1) is 18.6. The molecule has 0 aromatic heterocycles. The van der Waals surface area contributed by atoms with Crippen LogP contribution in [0.1, 0.15) is 30.0 Å². The number of nitrogens with zero attached hydrogens (tertiary/aromatic N) is 2. The summed E-state index contributed by atoms with van der Waals surface area (Å²) in [5, 5.41) is 0. The van der Waals surface area contributed by atoms with E-state index in [9.17, 15) is 12.8 Å². The highest BCUT2D eigenvalue weighted by Crippen LogP contribution is 2.39. The van der Waals surface area contributed by atoms with Gasteiger partial charge >= 0.3 is 0 Å². The van der Waals surface area contributed by atoms with Crippen LogP contribution in [0, 0.1) is 11.7 Å². The monoisotopic (exact) mass is 388 g/mol. The van der Waals surface area contributed by atoms with Gasteiger partial charge in [0.05, 0.1) is 4.90 Å². The summed E-state index contributed by atoms with van der Waals surface area (Å²) in [6, 6.07) is 14.1. The van der Waals surface area contributed by atoms with E-state index in [0.717, 1.165) is 25.8 Å². The average Bonchev–Trinajstić information content (AvgIpc) is 2.68. The molecule has 1 unspecified atom stereocenters. The summed E-state index contributed by atoms with van der Waals surface area (Å²) in [4.78, 5) is 2.58. The van der Waals surface area contributed by atoms with Crippen LogP contribution >= 0.6 is 0 Å². The number of fused-ring (bicyclic) bond motifs is 1. The van der Waals surface area contributed by atoms with Crippen LogP contribution in [0.4, 0.5) is 4.39 Å². The minimum atomic E-state index is -3.55. The molecule has 0 N–H and O–H groups in total. The number of halogens is 1. The number of hydrogen-bond acceptors (Lipinski definition) is 3. The maximum absolute atomic E-state index is 13.1. The Kier molecular flexibility index (Phi) is 5.05. The first-order valence-electron chi connectivity index (χ1n) is 9.50. The van der Waals surface area contributed by atoms with Crippen molar-refractivity contribution < 1.29 is 12.8 Å². The number of benzene rings is 2. The molecule has 27 heavy (non-hydrogen) atoms. The number of piperidine rings is 1. The first-order valence-corrected chi connectivity index (χ1v) is 10.9. The van der Waals surface area contributed by atoms with Crippen molar-refractivity contribution in [3.05, 3.63) is 65.5 Å². The van der Waals surface area contributed by atoms with Gasteiger partial charge in [0.2, 0.25) is 10.0 Å². The Balaban J connectivity index is 1.50. The highest BCUT2D eigenvalue weighted by molar-refractivity contribution is 7.89. The summed E-state index contributed by atoms with van der Waals surface area (Å²) < 4.78 is 40.3. The molecule has 0 bridgehead atoms. The molecule has 0 radical (unpaired) electrons. The Labute approximate surface area is 160 Å². The van der Waals surface area contributed by atoms with Crippen molar-refractivity contribution in [3.63, 3.8) is 0 Å². The summed E-state index contributed by atoms with van der Waals surface area (Å²) in [5.74, 6) is 0.0165. The molecule has 2 aliphatic rings. The minimum Gasteiger partial charge on any atom is -0.299 e. The molecule has 1 fully saturated rings. The van der Waals surface area contributed by atoms with Gasteiger partial charge in [-0.3, -0.25) is 4.90 Å². The highest BCUT2D eigenvalue weighted by atomic mass is 32.2. The molecule has 2 heterocycles. The van der Waals surface area contributed by atoms with Gasteiger partial charge in [-0.1, -0.05) is 24.3 Å². The van der Waals surface area contributed by atoms with Crippen molar-refractivity contribution >= 4 is 10.0 Å². The molecule has 1 saturated heterocycles. The van der Waals surface area contributed by atoms with Crippen molar-refractivity contribution in [2.45, 2.75) is 30.2 Å². The van der Waals surface area contributed by atoms with Crippen LogP contribution < -0.4 is 0 Å². The molecule has 6 heteroatoms. The summed E-state index contributed by atoms with van der Waals surface area (Å²) in [6.07, 6.45) is 2.74. The molecule has 2 aliphatic heterocycles. The van der Waals surface area contributed by atoms with E-state index in [2.05, 4.69) is 36.2 Å². The SMILES string of the molecule is CN1CCc2ccccc2C1C1CCN(S(=O)(=O)c2ccc(F)cc2)CC1. The second kappa shape index (κ2) is 7.34. The molecule has 0 aliphatic carbocycles. The van der Waals surface area contributed by atoms with Gasteiger partial charge in [-0.15, -0.1) is 0 Å². The molecule has 1 atom stereocenters. The lowest BCUT2D eigenvalue weighted by molar-refractivity contribution is 0.122. The summed E-state index contributed by atoms with van der Waals surface area (Å²) in [7, 11) is -1.39. The van der Waals surface area contributed by atoms with Gasteiger partial charge in [-0.25, -0.2) is 12.8 Å². The normalized spacial score (nSPS) is 22.5. The predicted molar refractivity (Wildman–Crippen MR) is 103 cm³/mol. The lowest BCUT2D eigenvalue weighted by Gasteiger charge is -2.42. The lowest BCUT2D eigenvalue weighted by atomic mass is 9.80. The summed E-state index contributed by atoms with van der Waals surface area (Å²) in [6.45, 7) is 2.06. The molecular formula is C21H25FN2O2S. The van der Waals surface area contributed by atoms with Gasteiger partial charge in [0, 0.05) is 25.7 Å². The quantitative estimate of drug-likeness (QED) is 0.809. The molecule has 2 aromatic rings. The van der Waals surface area contributed by atoms with E-state index in [4.69, 9.17) is 0 Å². The molecule has 4 nitrogen and oxygen atoms in total. The van der Waals surface area contributed by atoms with E-state index in [0.29, 0.717) is 25.0 Å². The van der Waals surface area contributed by atoms with E-state index >= 15 is 0 Å². The Morgan fingerprint density at radius 1 is 0.963 bits per heavy atom. The maximum Gasteiger partial charge on any atom is 0.243 e. The maximum atomic E-state index is 13.1. The zero-order chi connectivity index (χ0) is 19.0. The Morgan fingerprint density at radius 2 is 1.63 bits per heavy atom. The zero-order valence-electron chi connectivity index (χ0n) is 15.5. The van der Waals surface area contributed by atoms with Crippen LogP contribution in [-0.4, -0.2) is 44.3 Å². The van der Waals surface area contributed by atoms with Crippen LogP contribution in [0.3, 0.4) is 0 Å². The Bertz CT molecular complexity index is 906. The van der Waals surface area contributed by atoms with Gasteiger partial charge in [0.25, 0.3) is 0 Å². The summed E-state index contributed by atoms with van der Waals surface area (Å²) in [5.41, 5.74) is 2.81. The van der Waals surface area contributed by atoms with Crippen LogP contribution in [0.25, 0.3) is 0 Å². The third kappa shape index (κ3) is 3.53. The number of likely N-dealkylation sites (N-methyl/N-ethyl adjacent to an activating group) is 1. The van der Waals surface area contributed by atoms with Crippen molar-refractivity contribution in [2.24, 2.45) is 5.92 Å². The molecule has 0 amide bonds. The molecule has 0 spiro atoms. The van der Waals surface area contributed by atoms with Gasteiger partial charge in [0.15, 0.2) is 0 Å². The van der Waals surface area contributed by atoms with Gasteiger partial charge < -0.3 is 0 Å². The molecule has 2 aromatic carbocycles. The van der Waals surface area contributed by atoms with Crippen molar-refractivity contribution in [3.8, 4) is 0 Å². The molecule has 4 rings (SSSR count). The average molecular weight is 389 g/mol. The standard InChI is InChI=1S/C21H25FN2O2S/c1-23-13-10-16-4-2-3-5-20(16)21(23)17-11-14-24(15-12-17)27(25,26)19-8-6-18(22)7-9-19/h2-9,17,21H,10-15H2,1H3. The second-order valence-electron chi connectivity index (χ2n) is 7.57. The van der Waals surface area contributed by atoms with Gasteiger partial charge in [-0.05, 0) is 67.6 Å². The van der Waals surface area contributed by atoms with E-state index in [1.807, 2.05) is 0 Å².